The standard InChI is InChI=1S/C23H28ClN3O2/c1-26(2)16-18-5-3-17(4-6-18)15-25-22(28)19-11-13-27(14-12-19)23(29)20-7-9-21(24)10-8-20/h3-10,19H,11-16H2,1-2H3,(H,25,28)/p+1. The minimum atomic E-state index is -0.0409. The Bertz CT molecular complexity index is 826. The normalized spacial score (nSPS) is 14.8. The molecule has 2 aromatic rings. The lowest BCUT2D eigenvalue weighted by Gasteiger charge is -2.31. The molecule has 154 valence electrons. The summed E-state index contributed by atoms with van der Waals surface area (Å²) in [5.41, 5.74) is 3.03. The van der Waals surface area contributed by atoms with Crippen molar-refractivity contribution >= 4 is 23.4 Å². The van der Waals surface area contributed by atoms with Gasteiger partial charge in [-0.15, -0.1) is 0 Å². The molecule has 0 atom stereocenters. The van der Waals surface area contributed by atoms with E-state index in [1.165, 1.54) is 10.5 Å². The van der Waals surface area contributed by atoms with E-state index in [1.54, 1.807) is 24.3 Å². The van der Waals surface area contributed by atoms with Gasteiger partial charge in [-0.3, -0.25) is 9.59 Å². The van der Waals surface area contributed by atoms with Gasteiger partial charge in [0.1, 0.15) is 6.54 Å². The van der Waals surface area contributed by atoms with Gasteiger partial charge in [-0.2, -0.15) is 0 Å². The molecule has 2 amide bonds. The van der Waals surface area contributed by atoms with E-state index in [2.05, 4.69) is 43.7 Å². The Labute approximate surface area is 177 Å². The van der Waals surface area contributed by atoms with Gasteiger partial charge in [-0.05, 0) is 42.7 Å². The van der Waals surface area contributed by atoms with Crippen molar-refractivity contribution in [3.8, 4) is 0 Å². The fourth-order valence-corrected chi connectivity index (χ4v) is 3.76. The SMILES string of the molecule is C[NH+](C)Cc1ccc(CNC(=O)C2CCN(C(=O)c3ccc(Cl)cc3)CC2)cc1. The number of amides is 2. The third kappa shape index (κ3) is 6.05. The summed E-state index contributed by atoms with van der Waals surface area (Å²) in [6, 6.07) is 15.3. The molecule has 2 aromatic carbocycles. The number of nitrogens with one attached hydrogen (secondary N) is 2. The zero-order chi connectivity index (χ0) is 20.8. The van der Waals surface area contributed by atoms with Crippen molar-refractivity contribution in [3.63, 3.8) is 0 Å². The van der Waals surface area contributed by atoms with Gasteiger partial charge in [0.25, 0.3) is 5.91 Å². The predicted molar refractivity (Wildman–Crippen MR) is 115 cm³/mol. The quantitative estimate of drug-likeness (QED) is 0.761. The first kappa shape index (κ1) is 21.3. The lowest BCUT2D eigenvalue weighted by Crippen LogP contribution is -3.04. The van der Waals surface area contributed by atoms with Crippen molar-refractivity contribution in [3.05, 3.63) is 70.2 Å². The molecule has 0 bridgehead atoms. The number of benzene rings is 2. The van der Waals surface area contributed by atoms with Gasteiger partial charge in [0.15, 0.2) is 0 Å². The molecule has 0 spiro atoms. The van der Waals surface area contributed by atoms with Crippen LogP contribution in [-0.2, 0) is 17.9 Å². The number of rotatable bonds is 6. The van der Waals surface area contributed by atoms with Gasteiger partial charge in [-0.1, -0.05) is 35.9 Å². The molecule has 0 aliphatic carbocycles. The molecule has 0 unspecified atom stereocenters. The number of quaternary nitrogens is 1. The van der Waals surface area contributed by atoms with E-state index in [1.807, 2.05) is 4.90 Å². The summed E-state index contributed by atoms with van der Waals surface area (Å²) < 4.78 is 0. The summed E-state index contributed by atoms with van der Waals surface area (Å²) in [7, 11) is 4.25. The highest BCUT2D eigenvalue weighted by molar-refractivity contribution is 6.30. The van der Waals surface area contributed by atoms with Gasteiger partial charge in [0.05, 0.1) is 14.1 Å². The highest BCUT2D eigenvalue weighted by atomic mass is 35.5. The van der Waals surface area contributed by atoms with E-state index in [0.29, 0.717) is 43.1 Å². The van der Waals surface area contributed by atoms with Crippen molar-refractivity contribution in [2.45, 2.75) is 25.9 Å². The Balaban J connectivity index is 1.45. The van der Waals surface area contributed by atoms with Crippen molar-refractivity contribution in [1.29, 1.82) is 0 Å². The van der Waals surface area contributed by atoms with Crippen molar-refractivity contribution in [2.24, 2.45) is 5.92 Å². The van der Waals surface area contributed by atoms with E-state index < -0.39 is 0 Å². The molecule has 2 N–H and O–H groups in total. The van der Waals surface area contributed by atoms with E-state index in [0.717, 1.165) is 12.1 Å². The topological polar surface area (TPSA) is 53.9 Å². The summed E-state index contributed by atoms with van der Waals surface area (Å²) in [6.45, 7) is 2.72. The van der Waals surface area contributed by atoms with Crippen LogP contribution >= 0.6 is 11.6 Å². The zero-order valence-electron chi connectivity index (χ0n) is 17.1. The molecule has 0 radical (unpaired) electrons. The third-order valence-electron chi connectivity index (χ3n) is 5.29. The maximum absolute atomic E-state index is 12.6. The van der Waals surface area contributed by atoms with E-state index in [-0.39, 0.29) is 17.7 Å². The van der Waals surface area contributed by atoms with Crippen LogP contribution in [0.2, 0.25) is 5.02 Å². The minimum Gasteiger partial charge on any atom is -0.352 e. The summed E-state index contributed by atoms with van der Waals surface area (Å²) in [6.07, 6.45) is 1.38. The molecule has 0 aromatic heterocycles. The average molecular weight is 415 g/mol. The van der Waals surface area contributed by atoms with Gasteiger partial charge in [-0.25, -0.2) is 0 Å². The van der Waals surface area contributed by atoms with Crippen LogP contribution in [0.25, 0.3) is 0 Å². The second kappa shape index (κ2) is 9.90. The monoisotopic (exact) mass is 414 g/mol. The lowest BCUT2D eigenvalue weighted by atomic mass is 9.95. The molecular formula is C23H29ClN3O2+. The van der Waals surface area contributed by atoms with Gasteiger partial charge in [0.2, 0.25) is 5.91 Å². The summed E-state index contributed by atoms with van der Waals surface area (Å²) in [5, 5.41) is 3.66. The number of nitrogens with zero attached hydrogens (tertiary/aromatic N) is 1. The van der Waals surface area contributed by atoms with E-state index >= 15 is 0 Å². The second-order valence-electron chi connectivity index (χ2n) is 7.99. The van der Waals surface area contributed by atoms with Gasteiger partial charge in [0, 0.05) is 41.7 Å². The number of hydrogen-bond acceptors (Lipinski definition) is 2. The lowest BCUT2D eigenvalue weighted by molar-refractivity contribution is -0.872. The molecule has 3 rings (SSSR count). The highest BCUT2D eigenvalue weighted by Crippen LogP contribution is 2.20. The number of hydrogen-bond donors (Lipinski definition) is 2. The number of piperidine rings is 1. The van der Waals surface area contributed by atoms with Crippen LogP contribution in [0.1, 0.15) is 34.3 Å². The first-order valence-corrected chi connectivity index (χ1v) is 10.5. The molecule has 1 heterocycles. The molecule has 5 nitrogen and oxygen atoms in total. The fourth-order valence-electron chi connectivity index (χ4n) is 3.64. The van der Waals surface area contributed by atoms with Crippen LogP contribution in [0.3, 0.4) is 0 Å². The molecule has 1 aliphatic heterocycles. The number of likely N-dealkylation sites (tertiary alicyclic amines) is 1. The Hall–Kier alpha value is -2.37. The Morgan fingerprint density at radius 1 is 1.00 bits per heavy atom. The Morgan fingerprint density at radius 3 is 2.17 bits per heavy atom. The Kier molecular flexibility index (Phi) is 7.29. The first-order chi connectivity index (χ1) is 13.9. The van der Waals surface area contributed by atoms with E-state index in [4.69, 9.17) is 11.6 Å². The number of carbonyl (C=O) groups excluding carboxylic acids is 2. The smallest absolute Gasteiger partial charge is 0.253 e. The van der Waals surface area contributed by atoms with Crippen LogP contribution in [0.4, 0.5) is 0 Å². The molecular weight excluding hydrogens is 386 g/mol. The molecule has 0 saturated carbocycles. The van der Waals surface area contributed by atoms with Gasteiger partial charge < -0.3 is 15.1 Å². The largest absolute Gasteiger partial charge is 0.352 e. The van der Waals surface area contributed by atoms with Crippen molar-refractivity contribution in [1.82, 2.24) is 10.2 Å². The summed E-state index contributed by atoms with van der Waals surface area (Å²) >= 11 is 5.89. The molecule has 1 fully saturated rings. The molecule has 1 aliphatic rings. The van der Waals surface area contributed by atoms with Gasteiger partial charge >= 0.3 is 0 Å². The Morgan fingerprint density at radius 2 is 1.59 bits per heavy atom. The zero-order valence-corrected chi connectivity index (χ0v) is 17.8. The number of halogens is 1. The maximum Gasteiger partial charge on any atom is 0.253 e. The predicted octanol–water partition coefficient (Wildman–Crippen LogP) is 2.15. The molecule has 6 heteroatoms. The van der Waals surface area contributed by atoms with Crippen molar-refractivity contribution < 1.29 is 14.5 Å². The van der Waals surface area contributed by atoms with Crippen LogP contribution in [0.5, 0.6) is 0 Å². The van der Waals surface area contributed by atoms with E-state index in [9.17, 15) is 9.59 Å². The van der Waals surface area contributed by atoms with Crippen LogP contribution in [0.15, 0.2) is 48.5 Å². The van der Waals surface area contributed by atoms with Crippen LogP contribution in [-0.4, -0.2) is 43.9 Å². The van der Waals surface area contributed by atoms with Crippen molar-refractivity contribution in [2.75, 3.05) is 27.2 Å². The first-order valence-electron chi connectivity index (χ1n) is 10.1. The highest BCUT2D eigenvalue weighted by Gasteiger charge is 2.27. The number of carbonyl (C=O) groups is 2. The molecule has 29 heavy (non-hydrogen) atoms. The molecule has 1 saturated heterocycles. The van der Waals surface area contributed by atoms with Crippen LogP contribution < -0.4 is 10.2 Å². The minimum absolute atomic E-state index is 0.000162. The maximum atomic E-state index is 12.6. The summed E-state index contributed by atoms with van der Waals surface area (Å²) in [5.74, 6) is 0.0338. The second-order valence-corrected chi connectivity index (χ2v) is 8.43. The average Bonchev–Trinajstić information content (AvgIpc) is 2.73. The van der Waals surface area contributed by atoms with Crippen LogP contribution in [0, 0.1) is 5.92 Å². The summed E-state index contributed by atoms with van der Waals surface area (Å²) in [4.78, 5) is 28.3. The third-order valence-corrected chi connectivity index (χ3v) is 5.54. The fraction of sp³-hybridized carbons (Fsp3) is 0.391.